The van der Waals surface area contributed by atoms with Gasteiger partial charge in [0.15, 0.2) is 0 Å². The number of benzene rings is 2. The quantitative estimate of drug-likeness (QED) is 0.410. The first-order valence-electron chi connectivity index (χ1n) is 7.03. The summed E-state index contributed by atoms with van der Waals surface area (Å²) in [6, 6.07) is 15.1. The number of hydrogen-bond acceptors (Lipinski definition) is 0. The molecular weight excluding hydrogens is 379 g/mol. The zero-order chi connectivity index (χ0) is 14.7. The van der Waals surface area contributed by atoms with Gasteiger partial charge in [-0.2, -0.15) is 0 Å². The van der Waals surface area contributed by atoms with Gasteiger partial charge in [-0.05, 0) is 64.1 Å². The molecule has 0 aliphatic heterocycles. The fourth-order valence-corrected chi connectivity index (χ4v) is 3.46. The van der Waals surface area contributed by atoms with Crippen molar-refractivity contribution in [3.63, 3.8) is 0 Å². The predicted molar refractivity (Wildman–Crippen MR) is 96.7 cm³/mol. The van der Waals surface area contributed by atoms with Crippen molar-refractivity contribution >= 4 is 34.2 Å². The maximum absolute atomic E-state index is 6.67. The van der Waals surface area contributed by atoms with E-state index in [1.54, 1.807) is 0 Å². The maximum Gasteiger partial charge on any atom is 0.0845 e. The summed E-state index contributed by atoms with van der Waals surface area (Å²) in [7, 11) is 0. The van der Waals surface area contributed by atoms with Gasteiger partial charge in [-0.25, -0.2) is 0 Å². The van der Waals surface area contributed by atoms with E-state index < -0.39 is 0 Å². The van der Waals surface area contributed by atoms with Crippen LogP contribution in [0.4, 0.5) is 0 Å². The van der Waals surface area contributed by atoms with Crippen molar-refractivity contribution in [2.24, 2.45) is 0 Å². The molecule has 0 nitrogen and oxygen atoms in total. The van der Waals surface area contributed by atoms with E-state index in [-0.39, 0.29) is 5.38 Å². The Morgan fingerprint density at radius 2 is 1.65 bits per heavy atom. The van der Waals surface area contributed by atoms with Crippen LogP contribution in [0.2, 0.25) is 0 Å². The largest absolute Gasteiger partial charge is 0.113 e. The molecule has 0 amide bonds. The summed E-state index contributed by atoms with van der Waals surface area (Å²) in [5, 5.41) is -0.0761. The van der Waals surface area contributed by atoms with Gasteiger partial charge in [-0.15, -0.1) is 11.6 Å². The van der Waals surface area contributed by atoms with Crippen LogP contribution in [0.3, 0.4) is 0 Å². The van der Waals surface area contributed by atoms with Crippen LogP contribution in [0.15, 0.2) is 42.5 Å². The van der Waals surface area contributed by atoms with E-state index in [1.165, 1.54) is 32.2 Å². The predicted octanol–water partition coefficient (Wildman–Crippen LogP) is 6.44. The smallest absolute Gasteiger partial charge is 0.0845 e. The van der Waals surface area contributed by atoms with Gasteiger partial charge < -0.3 is 0 Å². The summed E-state index contributed by atoms with van der Waals surface area (Å²) in [6.45, 7) is 6.61. The van der Waals surface area contributed by atoms with Gasteiger partial charge in [-0.3, -0.25) is 0 Å². The highest BCUT2D eigenvalue weighted by Crippen LogP contribution is 2.33. The molecule has 0 N–H and O–H groups in total. The molecule has 0 fully saturated rings. The highest BCUT2D eigenvalue weighted by Gasteiger charge is 2.15. The van der Waals surface area contributed by atoms with E-state index in [2.05, 4.69) is 85.8 Å². The molecule has 2 rings (SSSR count). The van der Waals surface area contributed by atoms with Crippen LogP contribution in [0.5, 0.6) is 0 Å². The van der Waals surface area contributed by atoms with Crippen LogP contribution in [0.25, 0.3) is 0 Å². The fraction of sp³-hybridized carbons (Fsp3) is 0.333. The van der Waals surface area contributed by atoms with Crippen molar-refractivity contribution in [2.75, 3.05) is 0 Å². The van der Waals surface area contributed by atoms with Crippen LogP contribution in [0, 0.1) is 10.5 Å². The van der Waals surface area contributed by atoms with Gasteiger partial charge in [0.1, 0.15) is 0 Å². The standard InChI is InChI=1S/C18H20ClI/c1-4-12(2)14-8-10-15(11-9-14)17(19)16-7-5-6-13(3)18(16)20/h5-12,17H,4H2,1-3H3. The van der Waals surface area contributed by atoms with Crippen molar-refractivity contribution in [3.8, 4) is 0 Å². The Hall–Kier alpha value is -0.540. The number of hydrogen-bond donors (Lipinski definition) is 0. The van der Waals surface area contributed by atoms with E-state index in [4.69, 9.17) is 11.6 Å². The Morgan fingerprint density at radius 1 is 1.05 bits per heavy atom. The zero-order valence-corrected chi connectivity index (χ0v) is 15.1. The minimum atomic E-state index is -0.0761. The Morgan fingerprint density at radius 3 is 2.25 bits per heavy atom. The molecule has 0 saturated carbocycles. The monoisotopic (exact) mass is 398 g/mol. The summed E-state index contributed by atoms with van der Waals surface area (Å²) in [6.07, 6.45) is 1.17. The summed E-state index contributed by atoms with van der Waals surface area (Å²) < 4.78 is 1.26. The average molecular weight is 399 g/mol. The van der Waals surface area contributed by atoms with Crippen LogP contribution in [-0.4, -0.2) is 0 Å². The second kappa shape index (κ2) is 6.95. The molecule has 106 valence electrons. The van der Waals surface area contributed by atoms with Gasteiger partial charge in [0.25, 0.3) is 0 Å². The Balaban J connectivity index is 2.29. The van der Waals surface area contributed by atoms with Crippen molar-refractivity contribution in [3.05, 3.63) is 68.3 Å². The first-order valence-corrected chi connectivity index (χ1v) is 8.55. The van der Waals surface area contributed by atoms with Crippen molar-refractivity contribution in [2.45, 2.75) is 38.5 Å². The van der Waals surface area contributed by atoms with Crippen molar-refractivity contribution < 1.29 is 0 Å². The fourth-order valence-electron chi connectivity index (χ4n) is 2.27. The second-order valence-corrected chi connectivity index (χ2v) is 6.83. The van der Waals surface area contributed by atoms with E-state index in [0.29, 0.717) is 5.92 Å². The molecule has 0 saturated heterocycles. The molecule has 0 aliphatic carbocycles. The third-order valence-electron chi connectivity index (χ3n) is 3.91. The molecule has 0 radical (unpaired) electrons. The molecule has 2 unspecified atom stereocenters. The summed E-state index contributed by atoms with van der Waals surface area (Å²) in [5.41, 5.74) is 5.04. The molecular formula is C18H20ClI. The molecule has 0 aromatic heterocycles. The molecule has 2 atom stereocenters. The lowest BCUT2D eigenvalue weighted by atomic mass is 9.95. The first-order chi connectivity index (χ1) is 9.54. The lowest BCUT2D eigenvalue weighted by molar-refractivity contribution is 0.733. The third kappa shape index (κ3) is 3.37. The number of alkyl halides is 1. The highest BCUT2D eigenvalue weighted by atomic mass is 127. The minimum absolute atomic E-state index is 0.0761. The molecule has 0 aliphatic rings. The Labute approximate surface area is 140 Å². The van der Waals surface area contributed by atoms with Gasteiger partial charge in [0.05, 0.1) is 5.38 Å². The second-order valence-electron chi connectivity index (χ2n) is 5.32. The maximum atomic E-state index is 6.67. The van der Waals surface area contributed by atoms with Gasteiger partial charge in [0, 0.05) is 3.57 Å². The SMILES string of the molecule is CCC(C)c1ccc(C(Cl)c2cccc(C)c2I)cc1. The lowest BCUT2D eigenvalue weighted by Crippen LogP contribution is -1.99. The Bertz CT molecular complexity index is 574. The molecule has 2 aromatic rings. The normalized spacial score (nSPS) is 14.1. The first kappa shape index (κ1) is 15.8. The topological polar surface area (TPSA) is 0 Å². The van der Waals surface area contributed by atoms with Crippen LogP contribution in [0.1, 0.15) is 53.8 Å². The molecule has 20 heavy (non-hydrogen) atoms. The van der Waals surface area contributed by atoms with Crippen LogP contribution in [-0.2, 0) is 0 Å². The number of aryl methyl sites for hydroxylation is 1. The molecule has 0 spiro atoms. The molecule has 0 bridgehead atoms. The number of rotatable bonds is 4. The van der Waals surface area contributed by atoms with Crippen LogP contribution >= 0.6 is 34.2 Å². The summed E-state index contributed by atoms with van der Waals surface area (Å²) in [4.78, 5) is 0. The van der Waals surface area contributed by atoms with Gasteiger partial charge >= 0.3 is 0 Å². The van der Waals surface area contributed by atoms with Crippen molar-refractivity contribution in [1.29, 1.82) is 0 Å². The highest BCUT2D eigenvalue weighted by molar-refractivity contribution is 14.1. The van der Waals surface area contributed by atoms with E-state index in [0.717, 1.165) is 0 Å². The van der Waals surface area contributed by atoms with Gasteiger partial charge in [-0.1, -0.05) is 56.3 Å². The number of halogens is 2. The minimum Gasteiger partial charge on any atom is -0.113 e. The molecule has 2 heteroatoms. The van der Waals surface area contributed by atoms with E-state index in [9.17, 15) is 0 Å². The van der Waals surface area contributed by atoms with E-state index in [1.807, 2.05) is 0 Å². The average Bonchev–Trinajstić information content (AvgIpc) is 2.48. The third-order valence-corrected chi connectivity index (χ3v) is 5.87. The lowest BCUT2D eigenvalue weighted by Gasteiger charge is -2.15. The summed E-state index contributed by atoms with van der Waals surface area (Å²) >= 11 is 9.06. The Kier molecular flexibility index (Phi) is 5.50. The summed E-state index contributed by atoms with van der Waals surface area (Å²) in [5.74, 6) is 0.608. The van der Waals surface area contributed by atoms with Crippen molar-refractivity contribution in [1.82, 2.24) is 0 Å². The molecule has 2 aromatic carbocycles. The zero-order valence-electron chi connectivity index (χ0n) is 12.2. The van der Waals surface area contributed by atoms with Crippen LogP contribution < -0.4 is 0 Å². The van der Waals surface area contributed by atoms with Gasteiger partial charge in [0.2, 0.25) is 0 Å². The van der Waals surface area contributed by atoms with E-state index >= 15 is 0 Å². The molecule has 0 heterocycles.